The largest absolute Gasteiger partial charge is 0.497 e. The Bertz CT molecular complexity index is 1710. The number of nitrogens with one attached hydrogen (secondary N) is 1. The van der Waals surface area contributed by atoms with Crippen molar-refractivity contribution < 1.29 is 23.8 Å². The molecule has 1 aromatic heterocycles. The minimum atomic E-state index is -0.698. The highest BCUT2D eigenvalue weighted by Gasteiger charge is 2.27. The Morgan fingerprint density at radius 3 is 2.38 bits per heavy atom. The highest BCUT2D eigenvalue weighted by Crippen LogP contribution is 2.37. The number of para-hydroxylation sites is 1. The second-order valence-corrected chi connectivity index (χ2v) is 11.0. The Labute approximate surface area is 282 Å². The van der Waals surface area contributed by atoms with Crippen LogP contribution in [0.2, 0.25) is 0 Å². The smallest absolute Gasteiger partial charge is 0.425 e. The van der Waals surface area contributed by atoms with Crippen molar-refractivity contribution in [3.8, 4) is 17.2 Å². The van der Waals surface area contributed by atoms with Crippen molar-refractivity contribution in [2.45, 2.75) is 27.2 Å². The topological polar surface area (TPSA) is 109 Å². The van der Waals surface area contributed by atoms with E-state index in [0.29, 0.717) is 47.2 Å². The van der Waals surface area contributed by atoms with E-state index in [9.17, 15) is 9.59 Å². The van der Waals surface area contributed by atoms with Gasteiger partial charge in [-0.2, -0.15) is 4.98 Å². The van der Waals surface area contributed by atoms with Gasteiger partial charge in [-0.3, -0.25) is 4.79 Å². The second kappa shape index (κ2) is 16.9. The molecule has 0 aliphatic heterocycles. The lowest BCUT2D eigenvalue weighted by Crippen LogP contribution is -2.36. The molecule has 11 nitrogen and oxygen atoms in total. The molecule has 0 atom stereocenters. The second-order valence-electron chi connectivity index (χ2n) is 11.0. The fraction of sp³-hybridized carbons (Fsp3) is 0.297. The number of allylic oxidation sites excluding steroid dienone is 1. The van der Waals surface area contributed by atoms with Crippen LogP contribution in [0, 0.1) is 6.92 Å². The molecule has 252 valence electrons. The standard InChI is InChI=1S/C37H44N6O5/c1-8-12-27-14-11-13-26(4)34(27)48-37(45)43(31-20-19-30(46-6)25-32(31)47-7)33-21-22-38-36(40-33)39-29-17-15-28(16-18-29)35(44)41(5)23-24-42(9-2)10-3/h8,11,13-22,25H,1,9-10,12,23-24H2,2-7H3,(H,38,39,40). The quantitative estimate of drug-likeness (QED) is 0.135. The molecule has 0 aliphatic carbocycles. The predicted molar refractivity (Wildman–Crippen MR) is 189 cm³/mol. The van der Waals surface area contributed by atoms with Crippen LogP contribution in [0.5, 0.6) is 17.2 Å². The highest BCUT2D eigenvalue weighted by atomic mass is 16.6. The number of aryl methyl sites for hydroxylation is 1. The predicted octanol–water partition coefficient (Wildman–Crippen LogP) is 7.03. The van der Waals surface area contributed by atoms with Gasteiger partial charge in [0.05, 0.1) is 19.9 Å². The van der Waals surface area contributed by atoms with Gasteiger partial charge >= 0.3 is 6.09 Å². The number of aromatic nitrogens is 2. The van der Waals surface area contributed by atoms with Crippen LogP contribution < -0.4 is 24.4 Å². The number of methoxy groups -OCH3 is 2. The Kier molecular flexibility index (Phi) is 12.5. The Morgan fingerprint density at radius 2 is 1.71 bits per heavy atom. The fourth-order valence-corrected chi connectivity index (χ4v) is 5.11. The fourth-order valence-electron chi connectivity index (χ4n) is 5.11. The minimum absolute atomic E-state index is 0.0561. The molecule has 2 amide bonds. The number of nitrogens with zero attached hydrogens (tertiary/aromatic N) is 5. The zero-order valence-electron chi connectivity index (χ0n) is 28.5. The van der Waals surface area contributed by atoms with Crippen LogP contribution in [-0.4, -0.2) is 79.2 Å². The summed E-state index contributed by atoms with van der Waals surface area (Å²) in [5, 5.41) is 3.18. The zero-order chi connectivity index (χ0) is 34.6. The van der Waals surface area contributed by atoms with E-state index in [1.165, 1.54) is 12.0 Å². The van der Waals surface area contributed by atoms with E-state index >= 15 is 0 Å². The molecule has 0 aliphatic rings. The average molecular weight is 653 g/mol. The summed E-state index contributed by atoms with van der Waals surface area (Å²) in [4.78, 5) is 41.4. The molecule has 0 saturated heterocycles. The Hall–Kier alpha value is -5.42. The molecule has 1 N–H and O–H groups in total. The minimum Gasteiger partial charge on any atom is -0.497 e. The van der Waals surface area contributed by atoms with Crippen LogP contribution in [0.1, 0.15) is 35.3 Å². The van der Waals surface area contributed by atoms with Crippen molar-refractivity contribution in [1.82, 2.24) is 19.8 Å². The van der Waals surface area contributed by atoms with Gasteiger partial charge in [0, 0.05) is 49.7 Å². The van der Waals surface area contributed by atoms with E-state index in [2.05, 4.69) is 40.6 Å². The normalized spacial score (nSPS) is 10.7. The maximum absolute atomic E-state index is 14.1. The third-order valence-corrected chi connectivity index (χ3v) is 7.91. The summed E-state index contributed by atoms with van der Waals surface area (Å²) in [5.41, 5.74) is 3.25. The van der Waals surface area contributed by atoms with Crippen molar-refractivity contribution in [3.63, 3.8) is 0 Å². The lowest BCUT2D eigenvalue weighted by Gasteiger charge is -2.24. The molecule has 0 radical (unpaired) electrons. The van der Waals surface area contributed by atoms with Gasteiger partial charge in [-0.15, -0.1) is 6.58 Å². The number of carbonyl (C=O) groups is 2. The monoisotopic (exact) mass is 652 g/mol. The number of benzene rings is 3. The van der Waals surface area contributed by atoms with E-state index in [1.807, 2.05) is 32.2 Å². The number of anilines is 4. The van der Waals surface area contributed by atoms with Crippen molar-refractivity contribution in [2.75, 3.05) is 57.7 Å². The van der Waals surface area contributed by atoms with Gasteiger partial charge in [0.15, 0.2) is 0 Å². The van der Waals surface area contributed by atoms with Crippen molar-refractivity contribution in [3.05, 3.63) is 102 Å². The summed E-state index contributed by atoms with van der Waals surface area (Å²) < 4.78 is 17.1. The van der Waals surface area contributed by atoms with Crippen LogP contribution >= 0.6 is 0 Å². The molecule has 0 bridgehead atoms. The molecule has 0 unspecified atom stereocenters. The molecule has 1 heterocycles. The van der Waals surface area contributed by atoms with Gasteiger partial charge in [0.2, 0.25) is 5.95 Å². The van der Waals surface area contributed by atoms with E-state index in [0.717, 1.165) is 30.8 Å². The Balaban J connectivity index is 1.62. The van der Waals surface area contributed by atoms with Gasteiger partial charge < -0.3 is 29.3 Å². The number of hydrogen-bond acceptors (Lipinski definition) is 9. The number of carbonyl (C=O) groups excluding carboxylic acids is 2. The molecule has 11 heteroatoms. The summed E-state index contributed by atoms with van der Waals surface area (Å²) in [6.07, 6.45) is 3.12. The number of rotatable bonds is 15. The van der Waals surface area contributed by atoms with Crippen LogP contribution in [0.4, 0.5) is 27.9 Å². The molecule has 0 fully saturated rings. The van der Waals surface area contributed by atoms with Crippen LogP contribution in [-0.2, 0) is 6.42 Å². The molecule has 4 aromatic rings. The number of ether oxygens (including phenoxy) is 3. The van der Waals surface area contributed by atoms with E-state index in [4.69, 9.17) is 14.2 Å². The maximum atomic E-state index is 14.1. The molecule has 0 spiro atoms. The zero-order valence-corrected chi connectivity index (χ0v) is 28.5. The van der Waals surface area contributed by atoms with E-state index in [1.54, 1.807) is 72.8 Å². The third-order valence-electron chi connectivity index (χ3n) is 7.91. The van der Waals surface area contributed by atoms with Gasteiger partial charge in [0.1, 0.15) is 23.1 Å². The first-order chi connectivity index (χ1) is 23.2. The lowest BCUT2D eigenvalue weighted by molar-refractivity contribution is 0.0779. The molecule has 4 rings (SSSR count). The first kappa shape index (κ1) is 35.4. The van der Waals surface area contributed by atoms with Crippen LogP contribution in [0.3, 0.4) is 0 Å². The SMILES string of the molecule is C=CCc1cccc(C)c1OC(=O)N(c1ccnc(Nc2ccc(C(=O)N(C)CCN(CC)CC)cc2)n1)c1ccc(OC)cc1OC. The number of likely N-dealkylation sites (N-methyl/N-ethyl adjacent to an activating group) is 2. The molecule has 0 saturated carbocycles. The summed E-state index contributed by atoms with van der Waals surface area (Å²) in [6.45, 7) is 13.3. The first-order valence-corrected chi connectivity index (χ1v) is 15.8. The average Bonchev–Trinajstić information content (AvgIpc) is 3.10. The molecular formula is C37H44N6O5. The van der Waals surface area contributed by atoms with Gasteiger partial charge in [0.25, 0.3) is 5.91 Å². The summed E-state index contributed by atoms with van der Waals surface area (Å²) in [5.74, 6) is 1.79. The molecule has 48 heavy (non-hydrogen) atoms. The van der Waals surface area contributed by atoms with Crippen molar-refractivity contribution in [2.24, 2.45) is 0 Å². The van der Waals surface area contributed by atoms with Crippen LogP contribution in [0.15, 0.2) is 85.6 Å². The Morgan fingerprint density at radius 1 is 0.958 bits per heavy atom. The van der Waals surface area contributed by atoms with Gasteiger partial charge in [-0.1, -0.05) is 38.1 Å². The van der Waals surface area contributed by atoms with Crippen LogP contribution in [0.25, 0.3) is 0 Å². The summed E-state index contributed by atoms with van der Waals surface area (Å²) in [7, 11) is 4.87. The highest BCUT2D eigenvalue weighted by molar-refractivity contribution is 5.98. The first-order valence-electron chi connectivity index (χ1n) is 15.8. The summed E-state index contributed by atoms with van der Waals surface area (Å²) in [6, 6.07) is 19.5. The van der Waals surface area contributed by atoms with E-state index < -0.39 is 6.09 Å². The van der Waals surface area contributed by atoms with Crippen molar-refractivity contribution in [1.29, 1.82) is 0 Å². The lowest BCUT2D eigenvalue weighted by atomic mass is 10.1. The number of amides is 2. The third kappa shape index (κ3) is 8.68. The molecular weight excluding hydrogens is 608 g/mol. The van der Waals surface area contributed by atoms with Crippen molar-refractivity contribution >= 4 is 35.1 Å². The molecule has 3 aromatic carbocycles. The number of hydrogen-bond donors (Lipinski definition) is 1. The van der Waals surface area contributed by atoms with E-state index in [-0.39, 0.29) is 17.7 Å². The maximum Gasteiger partial charge on any atom is 0.425 e. The van der Waals surface area contributed by atoms with Gasteiger partial charge in [-0.05, 0) is 74.0 Å². The van der Waals surface area contributed by atoms with Gasteiger partial charge in [-0.25, -0.2) is 14.7 Å². The summed E-state index contributed by atoms with van der Waals surface area (Å²) >= 11 is 0.